The predicted octanol–water partition coefficient (Wildman–Crippen LogP) is 5.85. The maximum Gasteiger partial charge on any atom is 0.407 e. The number of hydrogen-bond donors (Lipinski definition) is 4. The Labute approximate surface area is 317 Å². The van der Waals surface area contributed by atoms with Crippen LogP contribution >= 0.6 is 0 Å². The number of alkyl carbamates (subject to hydrolysis) is 2. The summed E-state index contributed by atoms with van der Waals surface area (Å²) in [6.07, 6.45) is 3.62. The van der Waals surface area contributed by atoms with E-state index in [9.17, 15) is 19.2 Å². The number of aromatic nitrogens is 5. The van der Waals surface area contributed by atoms with Crippen molar-refractivity contribution in [1.82, 2.24) is 45.4 Å². The second-order valence-electron chi connectivity index (χ2n) is 14.8. The fourth-order valence-electron chi connectivity index (χ4n) is 7.58. The molecule has 16 heteroatoms. The van der Waals surface area contributed by atoms with Crippen LogP contribution in [-0.4, -0.2) is 98.1 Å². The van der Waals surface area contributed by atoms with Crippen LogP contribution in [0.25, 0.3) is 44.8 Å². The molecule has 4 amide bonds. The molecular weight excluding hydrogens is 706 g/mol. The third-order valence-electron chi connectivity index (χ3n) is 10.5. The highest BCUT2D eigenvalue weighted by Gasteiger charge is 2.39. The Hall–Kier alpha value is -5.93. The van der Waals surface area contributed by atoms with Crippen LogP contribution in [0.1, 0.15) is 77.1 Å². The van der Waals surface area contributed by atoms with Gasteiger partial charge in [-0.05, 0) is 73.9 Å². The Balaban J connectivity index is 1.08. The minimum absolute atomic E-state index is 0.125. The van der Waals surface area contributed by atoms with Crippen molar-refractivity contribution in [3.05, 3.63) is 54.2 Å². The molecule has 0 bridgehead atoms. The molecular formula is C39H47N9O7. The van der Waals surface area contributed by atoms with Gasteiger partial charge < -0.3 is 44.3 Å². The molecule has 2 aliphatic rings. The lowest BCUT2D eigenvalue weighted by Gasteiger charge is -2.30. The summed E-state index contributed by atoms with van der Waals surface area (Å²) in [5, 5.41) is 5.37. The normalized spacial score (nSPS) is 18.3. The maximum atomic E-state index is 13.6. The predicted molar refractivity (Wildman–Crippen MR) is 202 cm³/mol. The van der Waals surface area contributed by atoms with E-state index in [1.165, 1.54) is 14.2 Å². The number of aromatic amines is 2. The van der Waals surface area contributed by atoms with Crippen LogP contribution in [0.3, 0.4) is 0 Å². The van der Waals surface area contributed by atoms with Crippen LogP contribution in [-0.2, 0) is 19.1 Å². The molecule has 55 heavy (non-hydrogen) atoms. The van der Waals surface area contributed by atoms with E-state index in [0.29, 0.717) is 41.7 Å². The molecule has 3 aromatic heterocycles. The van der Waals surface area contributed by atoms with E-state index in [-0.39, 0.29) is 35.7 Å². The van der Waals surface area contributed by atoms with Crippen molar-refractivity contribution in [2.24, 2.45) is 11.8 Å². The van der Waals surface area contributed by atoms with Crippen LogP contribution in [0.4, 0.5) is 9.59 Å². The van der Waals surface area contributed by atoms with Gasteiger partial charge in [0, 0.05) is 24.2 Å². The molecule has 2 fully saturated rings. The Morgan fingerprint density at radius 2 is 1.36 bits per heavy atom. The monoisotopic (exact) mass is 753 g/mol. The fraction of sp³-hybridized carbons (Fsp3) is 0.462. The molecule has 4 N–H and O–H groups in total. The minimum atomic E-state index is -0.715. The lowest BCUT2D eigenvalue weighted by atomic mass is 10.0. The van der Waals surface area contributed by atoms with Crippen molar-refractivity contribution in [1.29, 1.82) is 0 Å². The average Bonchev–Trinajstić information content (AvgIpc) is 4.02. The van der Waals surface area contributed by atoms with Crippen molar-refractivity contribution in [3.63, 3.8) is 0 Å². The van der Waals surface area contributed by atoms with E-state index in [2.05, 4.69) is 25.6 Å². The van der Waals surface area contributed by atoms with Crippen LogP contribution in [0.5, 0.6) is 0 Å². The number of hydrogen-bond acceptors (Lipinski definition) is 10. The van der Waals surface area contributed by atoms with E-state index in [1.807, 2.05) is 64.1 Å². The van der Waals surface area contributed by atoms with Crippen LogP contribution in [0.15, 0.2) is 47.0 Å². The molecule has 2 saturated heterocycles. The molecule has 0 spiro atoms. The largest absolute Gasteiger partial charge is 0.453 e. The molecule has 5 aromatic rings. The number of ether oxygens (including phenoxy) is 2. The highest BCUT2D eigenvalue weighted by molar-refractivity contribution is 5.88. The molecule has 2 aliphatic heterocycles. The van der Waals surface area contributed by atoms with Crippen molar-refractivity contribution < 1.29 is 33.1 Å². The van der Waals surface area contributed by atoms with Crippen molar-refractivity contribution in [2.45, 2.75) is 77.5 Å². The van der Waals surface area contributed by atoms with Crippen molar-refractivity contribution in [2.75, 3.05) is 27.3 Å². The number of fused-ring (bicyclic) bond motifs is 2. The maximum absolute atomic E-state index is 13.6. The third-order valence-corrected chi connectivity index (χ3v) is 10.5. The molecule has 1 unspecified atom stereocenters. The highest BCUT2D eigenvalue weighted by Crippen LogP contribution is 2.36. The molecule has 0 saturated carbocycles. The number of methoxy groups -OCH3 is 2. The molecule has 0 radical (unpaired) electrons. The van der Waals surface area contributed by atoms with Gasteiger partial charge in [0.05, 0.1) is 49.2 Å². The van der Waals surface area contributed by atoms with E-state index in [0.717, 1.165) is 53.5 Å². The zero-order valence-electron chi connectivity index (χ0n) is 31.8. The van der Waals surface area contributed by atoms with Crippen molar-refractivity contribution in [3.8, 4) is 22.7 Å². The third kappa shape index (κ3) is 7.44. The summed E-state index contributed by atoms with van der Waals surface area (Å²) in [5.74, 6) is 1.23. The molecule has 0 aliphatic carbocycles. The van der Waals surface area contributed by atoms with Crippen LogP contribution < -0.4 is 10.6 Å². The SMILES string of the molecule is COC(=O)N[C@H](C(=O)N1CCCC1c1nc2ccc(-c3nc4cc(-c5cnc([C@@H]6CCCN6C(=O)[C@@H](NC(=O)OC)C(C)C)[nH]5)ccc4o3)cc2[nH]1)C(C)C. The van der Waals surface area contributed by atoms with E-state index < -0.39 is 24.3 Å². The summed E-state index contributed by atoms with van der Waals surface area (Å²) in [5.41, 5.74) is 5.23. The van der Waals surface area contributed by atoms with Gasteiger partial charge >= 0.3 is 12.2 Å². The molecule has 16 nitrogen and oxygen atoms in total. The van der Waals surface area contributed by atoms with Crippen molar-refractivity contribution >= 4 is 46.1 Å². The van der Waals surface area contributed by atoms with E-state index in [4.69, 9.17) is 23.9 Å². The first-order valence-corrected chi connectivity index (χ1v) is 18.7. The zero-order valence-corrected chi connectivity index (χ0v) is 31.8. The number of H-pyrrole nitrogens is 2. The summed E-state index contributed by atoms with van der Waals surface area (Å²) in [4.78, 5) is 75.9. The number of imidazole rings is 2. The number of carbonyl (C=O) groups excluding carboxylic acids is 4. The number of benzene rings is 2. The summed E-state index contributed by atoms with van der Waals surface area (Å²) in [7, 11) is 2.56. The smallest absolute Gasteiger partial charge is 0.407 e. The number of rotatable bonds is 10. The Morgan fingerprint density at radius 1 is 0.764 bits per heavy atom. The number of likely N-dealkylation sites (tertiary alicyclic amines) is 2. The number of nitrogens with one attached hydrogen (secondary N) is 4. The molecule has 7 rings (SSSR count). The fourth-order valence-corrected chi connectivity index (χ4v) is 7.58. The van der Waals surface area contributed by atoms with Gasteiger partial charge in [-0.3, -0.25) is 9.59 Å². The first-order chi connectivity index (χ1) is 26.4. The highest BCUT2D eigenvalue weighted by atomic mass is 16.5. The standard InChI is InChI=1S/C39H47N9O7/c1-20(2)31(45-38(51)53-5)36(49)47-15-7-9-28(47)33-40-19-27(43-33)22-12-14-30-26(17-22)44-35(55-30)23-11-13-24-25(18-23)42-34(41-24)29-10-8-16-48(29)37(50)32(21(3)4)46-39(52)54-6/h11-14,17-21,28-29,31-32H,7-10,15-16H2,1-6H3,(H,40,43)(H,41,42)(H,45,51)(H,46,52)/t28-,29?,31-,32-/m0/s1. The van der Waals surface area contributed by atoms with Gasteiger partial charge in [0.2, 0.25) is 17.7 Å². The summed E-state index contributed by atoms with van der Waals surface area (Å²) in [6.45, 7) is 8.69. The molecule has 290 valence electrons. The summed E-state index contributed by atoms with van der Waals surface area (Å²) < 4.78 is 15.7. The van der Waals surface area contributed by atoms with Gasteiger partial charge in [0.1, 0.15) is 29.2 Å². The van der Waals surface area contributed by atoms with Gasteiger partial charge in [-0.25, -0.2) is 24.5 Å². The summed E-state index contributed by atoms with van der Waals surface area (Å²) >= 11 is 0. The lowest BCUT2D eigenvalue weighted by Crippen LogP contribution is -2.51. The first-order valence-electron chi connectivity index (χ1n) is 18.7. The average molecular weight is 754 g/mol. The Bertz CT molecular complexity index is 2220. The van der Waals surface area contributed by atoms with Gasteiger partial charge in [-0.15, -0.1) is 0 Å². The number of nitrogens with zero attached hydrogens (tertiary/aromatic N) is 5. The first kappa shape index (κ1) is 37.4. The number of oxazole rings is 1. The van der Waals surface area contributed by atoms with E-state index >= 15 is 0 Å². The van der Waals surface area contributed by atoms with Crippen LogP contribution in [0, 0.1) is 11.8 Å². The Morgan fingerprint density at radius 3 is 1.96 bits per heavy atom. The van der Waals surface area contributed by atoms with Crippen LogP contribution in [0.2, 0.25) is 0 Å². The minimum Gasteiger partial charge on any atom is -0.453 e. The molecule has 5 heterocycles. The number of amides is 4. The van der Waals surface area contributed by atoms with Gasteiger partial charge in [-0.2, -0.15) is 0 Å². The second kappa shape index (κ2) is 15.4. The quantitative estimate of drug-likeness (QED) is 0.134. The molecule has 4 atom stereocenters. The van der Waals surface area contributed by atoms with E-state index in [1.54, 1.807) is 16.0 Å². The Kier molecular flexibility index (Phi) is 10.5. The number of carbonyl (C=O) groups is 4. The van der Waals surface area contributed by atoms with Gasteiger partial charge in [-0.1, -0.05) is 27.7 Å². The molecule has 2 aromatic carbocycles. The lowest BCUT2D eigenvalue weighted by molar-refractivity contribution is -0.136. The zero-order chi connectivity index (χ0) is 39.0. The second-order valence-corrected chi connectivity index (χ2v) is 14.8. The topological polar surface area (TPSA) is 201 Å². The van der Waals surface area contributed by atoms with Gasteiger partial charge in [0.15, 0.2) is 5.58 Å². The summed E-state index contributed by atoms with van der Waals surface area (Å²) in [6, 6.07) is 9.56. The van der Waals surface area contributed by atoms with Gasteiger partial charge in [0.25, 0.3) is 0 Å².